The summed E-state index contributed by atoms with van der Waals surface area (Å²) in [4.78, 5) is 10.4. The summed E-state index contributed by atoms with van der Waals surface area (Å²) in [7, 11) is 3.90. The number of anilines is 1. The number of furan rings is 1. The number of nitrogens with zero attached hydrogens (tertiary/aromatic N) is 3. The molecule has 2 aromatic heterocycles. The van der Waals surface area contributed by atoms with Gasteiger partial charge < -0.3 is 14.6 Å². The van der Waals surface area contributed by atoms with E-state index < -0.39 is 0 Å². The van der Waals surface area contributed by atoms with Gasteiger partial charge >= 0.3 is 0 Å². The van der Waals surface area contributed by atoms with Crippen molar-refractivity contribution in [3.05, 3.63) is 42.2 Å². The molecule has 0 spiro atoms. The van der Waals surface area contributed by atoms with Crippen molar-refractivity contribution in [2.45, 2.75) is 13.1 Å². The molecule has 0 radical (unpaired) electrons. The average molecular weight is 232 g/mol. The van der Waals surface area contributed by atoms with E-state index in [0.29, 0.717) is 6.54 Å². The molecule has 2 heterocycles. The molecule has 0 saturated carbocycles. The third-order valence-electron chi connectivity index (χ3n) is 2.47. The molecule has 0 unspecified atom stereocenters. The molecule has 1 N–H and O–H groups in total. The van der Waals surface area contributed by atoms with E-state index in [0.717, 1.165) is 23.7 Å². The molecule has 0 aliphatic rings. The topological polar surface area (TPSA) is 54.2 Å². The molecule has 17 heavy (non-hydrogen) atoms. The first kappa shape index (κ1) is 11.6. The molecular weight excluding hydrogens is 216 g/mol. The van der Waals surface area contributed by atoms with Crippen LogP contribution in [0.4, 0.5) is 5.82 Å². The highest BCUT2D eigenvalue weighted by Gasteiger charge is 2.10. The van der Waals surface area contributed by atoms with Gasteiger partial charge in [-0.15, -0.1) is 0 Å². The first-order chi connectivity index (χ1) is 8.31. The van der Waals surface area contributed by atoms with Crippen LogP contribution in [0.2, 0.25) is 0 Å². The van der Waals surface area contributed by atoms with Crippen LogP contribution >= 0.6 is 0 Å². The van der Waals surface area contributed by atoms with E-state index in [2.05, 4.69) is 15.3 Å². The molecule has 0 fully saturated rings. The molecule has 0 aliphatic carbocycles. The number of hydrogen-bond acceptors (Lipinski definition) is 5. The largest absolute Gasteiger partial charge is 0.467 e. The first-order valence-corrected chi connectivity index (χ1v) is 5.48. The molecule has 2 aromatic rings. The summed E-state index contributed by atoms with van der Waals surface area (Å²) in [6.07, 6.45) is 5.07. The fourth-order valence-electron chi connectivity index (χ4n) is 1.72. The Morgan fingerprint density at radius 1 is 1.47 bits per heavy atom. The van der Waals surface area contributed by atoms with Crippen LogP contribution < -0.4 is 10.2 Å². The molecule has 5 nitrogen and oxygen atoms in total. The van der Waals surface area contributed by atoms with Crippen molar-refractivity contribution in [1.29, 1.82) is 0 Å². The van der Waals surface area contributed by atoms with Crippen molar-refractivity contribution in [2.75, 3.05) is 19.0 Å². The fourth-order valence-corrected chi connectivity index (χ4v) is 1.72. The van der Waals surface area contributed by atoms with Gasteiger partial charge in [-0.25, -0.2) is 9.97 Å². The predicted octanol–water partition coefficient (Wildman–Crippen LogP) is 1.43. The van der Waals surface area contributed by atoms with Gasteiger partial charge in [-0.3, -0.25) is 0 Å². The third-order valence-corrected chi connectivity index (χ3v) is 2.47. The van der Waals surface area contributed by atoms with Crippen molar-refractivity contribution >= 4 is 5.82 Å². The molecule has 0 saturated heterocycles. The Labute approximate surface area is 100 Å². The number of nitrogens with one attached hydrogen (secondary N) is 1. The lowest BCUT2D eigenvalue weighted by Gasteiger charge is -2.19. The van der Waals surface area contributed by atoms with Crippen LogP contribution in [0.5, 0.6) is 0 Å². The zero-order chi connectivity index (χ0) is 12.1. The zero-order valence-electron chi connectivity index (χ0n) is 10.1. The van der Waals surface area contributed by atoms with Crippen LogP contribution in [-0.2, 0) is 13.1 Å². The van der Waals surface area contributed by atoms with Crippen molar-refractivity contribution in [2.24, 2.45) is 0 Å². The zero-order valence-corrected chi connectivity index (χ0v) is 10.1. The van der Waals surface area contributed by atoms with Gasteiger partial charge in [0.05, 0.1) is 12.8 Å². The monoisotopic (exact) mass is 232 g/mol. The number of aromatic nitrogens is 2. The van der Waals surface area contributed by atoms with Gasteiger partial charge in [0.2, 0.25) is 0 Å². The smallest absolute Gasteiger partial charge is 0.136 e. The maximum Gasteiger partial charge on any atom is 0.136 e. The highest BCUT2D eigenvalue weighted by Crippen LogP contribution is 2.17. The normalized spacial score (nSPS) is 10.5. The summed E-state index contributed by atoms with van der Waals surface area (Å²) in [5, 5.41) is 3.11. The van der Waals surface area contributed by atoms with Gasteiger partial charge in [-0.2, -0.15) is 0 Å². The Hall–Kier alpha value is -1.88. The van der Waals surface area contributed by atoms with Gasteiger partial charge in [0.25, 0.3) is 0 Å². The number of rotatable bonds is 5. The van der Waals surface area contributed by atoms with Crippen LogP contribution in [0.1, 0.15) is 11.3 Å². The molecule has 0 amide bonds. The second kappa shape index (κ2) is 5.45. The summed E-state index contributed by atoms with van der Waals surface area (Å²) in [5.41, 5.74) is 1.07. The molecule has 2 rings (SSSR count). The van der Waals surface area contributed by atoms with E-state index in [-0.39, 0.29) is 0 Å². The average Bonchev–Trinajstić information content (AvgIpc) is 2.83. The van der Waals surface area contributed by atoms with E-state index in [4.69, 9.17) is 4.42 Å². The van der Waals surface area contributed by atoms with Gasteiger partial charge in [-0.1, -0.05) is 0 Å². The maximum atomic E-state index is 5.32. The summed E-state index contributed by atoms with van der Waals surface area (Å²) in [5.74, 6) is 1.84. The minimum Gasteiger partial charge on any atom is -0.467 e. The van der Waals surface area contributed by atoms with E-state index >= 15 is 0 Å². The summed E-state index contributed by atoms with van der Waals surface area (Å²) >= 11 is 0. The highest BCUT2D eigenvalue weighted by molar-refractivity contribution is 5.44. The van der Waals surface area contributed by atoms with E-state index in [9.17, 15) is 0 Å². The first-order valence-electron chi connectivity index (χ1n) is 5.48. The van der Waals surface area contributed by atoms with Crippen molar-refractivity contribution in [3.8, 4) is 0 Å². The molecule has 5 heteroatoms. The Balaban J connectivity index is 2.15. The third kappa shape index (κ3) is 2.82. The standard InChI is InChI=1S/C12H16N4O/c1-13-6-10-7-14-9-15-12(10)16(2)8-11-4-3-5-17-11/h3-5,7,9,13H,6,8H2,1-2H3. The predicted molar refractivity (Wildman–Crippen MR) is 65.6 cm³/mol. The lowest BCUT2D eigenvalue weighted by molar-refractivity contribution is 0.506. The van der Waals surface area contributed by atoms with Gasteiger partial charge in [-0.05, 0) is 19.2 Å². The molecule has 0 bridgehead atoms. The van der Waals surface area contributed by atoms with Crippen LogP contribution in [0.3, 0.4) is 0 Å². The van der Waals surface area contributed by atoms with Gasteiger partial charge in [0.1, 0.15) is 17.9 Å². The molecule has 0 aliphatic heterocycles. The van der Waals surface area contributed by atoms with E-state index in [1.807, 2.05) is 37.3 Å². The minimum absolute atomic E-state index is 0.695. The van der Waals surface area contributed by atoms with Crippen molar-refractivity contribution < 1.29 is 4.42 Å². The Bertz CT molecular complexity index is 455. The fraction of sp³-hybridized carbons (Fsp3) is 0.333. The maximum absolute atomic E-state index is 5.32. The SMILES string of the molecule is CNCc1cncnc1N(C)Cc1ccco1. The van der Waals surface area contributed by atoms with Crippen molar-refractivity contribution in [1.82, 2.24) is 15.3 Å². The second-order valence-corrected chi connectivity index (χ2v) is 3.84. The Morgan fingerprint density at radius 2 is 2.35 bits per heavy atom. The van der Waals surface area contributed by atoms with Crippen LogP contribution in [-0.4, -0.2) is 24.1 Å². The molecule has 90 valence electrons. The lowest BCUT2D eigenvalue weighted by atomic mass is 10.3. The Morgan fingerprint density at radius 3 is 3.06 bits per heavy atom. The van der Waals surface area contributed by atoms with Crippen molar-refractivity contribution in [3.63, 3.8) is 0 Å². The number of hydrogen-bond donors (Lipinski definition) is 1. The summed E-state index contributed by atoms with van der Waals surface area (Å²) < 4.78 is 5.32. The van der Waals surface area contributed by atoms with Crippen LogP contribution in [0.25, 0.3) is 0 Å². The van der Waals surface area contributed by atoms with Gasteiger partial charge in [0.15, 0.2) is 0 Å². The highest BCUT2D eigenvalue weighted by atomic mass is 16.3. The molecule has 0 aromatic carbocycles. The van der Waals surface area contributed by atoms with E-state index in [1.165, 1.54) is 0 Å². The quantitative estimate of drug-likeness (QED) is 0.845. The molecule has 0 atom stereocenters. The second-order valence-electron chi connectivity index (χ2n) is 3.84. The minimum atomic E-state index is 0.695. The lowest BCUT2D eigenvalue weighted by Crippen LogP contribution is -2.21. The van der Waals surface area contributed by atoms with E-state index in [1.54, 1.807) is 12.6 Å². The Kier molecular flexibility index (Phi) is 3.72. The molecular formula is C12H16N4O. The summed E-state index contributed by atoms with van der Waals surface area (Å²) in [6.45, 7) is 1.44. The van der Waals surface area contributed by atoms with Crippen LogP contribution in [0.15, 0.2) is 35.3 Å². The van der Waals surface area contributed by atoms with Gasteiger partial charge in [0, 0.05) is 25.4 Å². The van der Waals surface area contributed by atoms with Crippen LogP contribution in [0, 0.1) is 0 Å². The summed E-state index contributed by atoms with van der Waals surface area (Å²) in [6, 6.07) is 3.84.